The minimum Gasteiger partial charge on any atom is -0.336 e. The van der Waals surface area contributed by atoms with Crippen LogP contribution in [0.15, 0.2) is 83.8 Å². The van der Waals surface area contributed by atoms with Crippen molar-refractivity contribution in [2.45, 2.75) is 4.90 Å². The number of carbonyl (C=O) groups excluding carboxylic acids is 1. The lowest BCUT2D eigenvalue weighted by Crippen LogP contribution is -2.50. The highest BCUT2D eigenvalue weighted by Crippen LogP contribution is 2.25. The second-order valence-electron chi connectivity index (χ2n) is 7.24. The van der Waals surface area contributed by atoms with Crippen molar-refractivity contribution in [2.75, 3.05) is 26.2 Å². The first-order valence-corrected chi connectivity index (χ1v) is 11.4. The van der Waals surface area contributed by atoms with E-state index in [1.807, 2.05) is 60.7 Å². The number of rotatable bonds is 4. The Bertz CT molecular complexity index is 1230. The first kappa shape index (κ1) is 20.8. The van der Waals surface area contributed by atoms with Gasteiger partial charge in [0.05, 0.1) is 16.5 Å². The van der Waals surface area contributed by atoms with Crippen LogP contribution in [-0.4, -0.2) is 49.7 Å². The Kier molecular flexibility index (Phi) is 5.85. The summed E-state index contributed by atoms with van der Waals surface area (Å²) in [5.74, 6) is -0.102. The monoisotopic (exact) mass is 431 g/mol. The highest BCUT2D eigenvalue weighted by atomic mass is 32.2. The fourth-order valence-electron chi connectivity index (χ4n) is 3.69. The van der Waals surface area contributed by atoms with Gasteiger partial charge >= 0.3 is 0 Å². The molecule has 0 N–H and O–H groups in total. The first-order valence-electron chi connectivity index (χ1n) is 9.95. The zero-order valence-electron chi connectivity index (χ0n) is 16.8. The fourth-order valence-corrected chi connectivity index (χ4v) is 5.11. The summed E-state index contributed by atoms with van der Waals surface area (Å²) < 4.78 is 27.2. The van der Waals surface area contributed by atoms with Gasteiger partial charge in [-0.15, -0.1) is 0 Å². The van der Waals surface area contributed by atoms with E-state index < -0.39 is 10.0 Å². The van der Waals surface area contributed by atoms with Crippen molar-refractivity contribution in [3.8, 4) is 17.2 Å². The fraction of sp³-hybridized carbons (Fsp3) is 0.167. The first-order chi connectivity index (χ1) is 15.0. The third-order valence-electron chi connectivity index (χ3n) is 5.39. The molecule has 0 atom stereocenters. The molecule has 156 valence electrons. The van der Waals surface area contributed by atoms with Gasteiger partial charge in [0, 0.05) is 31.7 Å². The maximum atomic E-state index is 13.2. The lowest BCUT2D eigenvalue weighted by Gasteiger charge is -2.34. The van der Waals surface area contributed by atoms with Crippen molar-refractivity contribution in [1.82, 2.24) is 9.21 Å². The van der Waals surface area contributed by atoms with E-state index in [0.29, 0.717) is 24.2 Å². The minimum absolute atomic E-state index is 0.102. The zero-order valence-corrected chi connectivity index (χ0v) is 17.6. The molecular weight excluding hydrogens is 410 g/mol. The van der Waals surface area contributed by atoms with E-state index >= 15 is 0 Å². The molecule has 1 aliphatic heterocycles. The summed E-state index contributed by atoms with van der Waals surface area (Å²) in [6.45, 7) is 1.08. The van der Waals surface area contributed by atoms with Crippen LogP contribution in [0.1, 0.15) is 15.9 Å². The van der Waals surface area contributed by atoms with E-state index in [2.05, 4.69) is 0 Å². The number of carbonyl (C=O) groups is 1. The van der Waals surface area contributed by atoms with Crippen LogP contribution >= 0.6 is 0 Å². The Morgan fingerprint density at radius 3 is 2.06 bits per heavy atom. The van der Waals surface area contributed by atoms with Gasteiger partial charge in [-0.2, -0.15) is 9.57 Å². The molecule has 1 fully saturated rings. The summed E-state index contributed by atoms with van der Waals surface area (Å²) >= 11 is 0. The van der Waals surface area contributed by atoms with Gasteiger partial charge in [0.2, 0.25) is 10.0 Å². The molecule has 0 aromatic heterocycles. The molecule has 3 aromatic rings. The molecule has 0 spiro atoms. The van der Waals surface area contributed by atoms with E-state index in [0.717, 1.165) is 11.1 Å². The molecule has 0 aliphatic carbocycles. The van der Waals surface area contributed by atoms with Gasteiger partial charge in [-0.1, -0.05) is 48.5 Å². The quantitative estimate of drug-likeness (QED) is 0.634. The zero-order chi connectivity index (χ0) is 21.8. The average molecular weight is 432 g/mol. The van der Waals surface area contributed by atoms with Gasteiger partial charge in [-0.25, -0.2) is 8.42 Å². The molecule has 1 amide bonds. The number of nitriles is 1. The van der Waals surface area contributed by atoms with E-state index in [4.69, 9.17) is 5.26 Å². The molecule has 6 nitrogen and oxygen atoms in total. The van der Waals surface area contributed by atoms with Crippen molar-refractivity contribution in [3.63, 3.8) is 0 Å². The number of hydrogen-bond donors (Lipinski definition) is 0. The van der Waals surface area contributed by atoms with Crippen LogP contribution in [0.3, 0.4) is 0 Å². The van der Waals surface area contributed by atoms with Crippen molar-refractivity contribution >= 4 is 15.9 Å². The number of hydrogen-bond acceptors (Lipinski definition) is 4. The molecule has 0 bridgehead atoms. The molecule has 3 aromatic carbocycles. The van der Waals surface area contributed by atoms with Gasteiger partial charge < -0.3 is 4.90 Å². The smallest absolute Gasteiger partial charge is 0.254 e. The van der Waals surface area contributed by atoms with Crippen LogP contribution in [-0.2, 0) is 10.0 Å². The van der Waals surface area contributed by atoms with E-state index in [1.165, 1.54) is 28.6 Å². The van der Waals surface area contributed by atoms with Crippen LogP contribution in [0.5, 0.6) is 0 Å². The number of benzene rings is 3. The molecule has 7 heteroatoms. The third-order valence-corrected chi connectivity index (χ3v) is 7.30. The summed E-state index contributed by atoms with van der Waals surface area (Å²) in [5, 5.41) is 8.90. The molecule has 1 aliphatic rings. The van der Waals surface area contributed by atoms with Gasteiger partial charge in [-0.05, 0) is 41.5 Å². The molecule has 0 radical (unpaired) electrons. The third kappa shape index (κ3) is 4.22. The Labute approximate surface area is 182 Å². The van der Waals surface area contributed by atoms with Crippen LogP contribution in [0.4, 0.5) is 0 Å². The van der Waals surface area contributed by atoms with Crippen molar-refractivity contribution in [1.29, 1.82) is 5.26 Å². The molecule has 1 saturated heterocycles. The maximum Gasteiger partial charge on any atom is 0.254 e. The predicted octanol–water partition coefficient (Wildman–Crippen LogP) is 3.37. The van der Waals surface area contributed by atoms with E-state index in [-0.39, 0.29) is 23.9 Å². The Hall–Kier alpha value is -3.47. The van der Waals surface area contributed by atoms with Gasteiger partial charge in [0.15, 0.2) is 0 Å². The lowest BCUT2D eigenvalue weighted by molar-refractivity contribution is 0.0698. The van der Waals surface area contributed by atoms with Gasteiger partial charge in [0.1, 0.15) is 0 Å². The number of amides is 1. The SMILES string of the molecule is N#Cc1ccc(S(=O)(=O)N2CCN(C(=O)c3ccccc3-c3ccccc3)CC2)cc1. The normalized spacial score (nSPS) is 14.7. The number of sulfonamides is 1. The Morgan fingerprint density at radius 1 is 0.806 bits per heavy atom. The summed E-state index contributed by atoms with van der Waals surface area (Å²) in [7, 11) is -3.67. The van der Waals surface area contributed by atoms with Crippen LogP contribution in [0, 0.1) is 11.3 Å². The molecular formula is C24H21N3O3S. The highest BCUT2D eigenvalue weighted by Gasteiger charge is 2.31. The number of piperazine rings is 1. The van der Waals surface area contributed by atoms with E-state index in [1.54, 1.807) is 4.90 Å². The minimum atomic E-state index is -3.67. The van der Waals surface area contributed by atoms with Gasteiger partial charge in [0.25, 0.3) is 5.91 Å². The van der Waals surface area contributed by atoms with Crippen LogP contribution < -0.4 is 0 Å². The maximum absolute atomic E-state index is 13.2. The second-order valence-corrected chi connectivity index (χ2v) is 9.18. The van der Waals surface area contributed by atoms with Crippen molar-refractivity contribution in [2.24, 2.45) is 0 Å². The summed E-state index contributed by atoms with van der Waals surface area (Å²) in [5.41, 5.74) is 2.85. The van der Waals surface area contributed by atoms with Crippen molar-refractivity contribution < 1.29 is 13.2 Å². The van der Waals surface area contributed by atoms with Gasteiger partial charge in [-0.3, -0.25) is 4.79 Å². The molecule has 0 unspecified atom stereocenters. The second kappa shape index (κ2) is 8.72. The number of nitrogens with zero attached hydrogens (tertiary/aromatic N) is 3. The topological polar surface area (TPSA) is 81.5 Å². The predicted molar refractivity (Wildman–Crippen MR) is 118 cm³/mol. The standard InChI is InChI=1S/C24H21N3O3S/c25-18-19-10-12-21(13-11-19)31(29,30)27-16-14-26(15-17-27)24(28)23-9-5-4-8-22(23)20-6-2-1-3-7-20/h1-13H,14-17H2. The summed E-state index contributed by atoms with van der Waals surface area (Å²) in [6, 6.07) is 25.1. The summed E-state index contributed by atoms with van der Waals surface area (Å²) in [4.78, 5) is 15.1. The highest BCUT2D eigenvalue weighted by molar-refractivity contribution is 7.89. The molecule has 0 saturated carbocycles. The molecule has 1 heterocycles. The van der Waals surface area contributed by atoms with Crippen molar-refractivity contribution in [3.05, 3.63) is 90.0 Å². The average Bonchev–Trinajstić information content (AvgIpc) is 2.84. The van der Waals surface area contributed by atoms with Crippen LogP contribution in [0.2, 0.25) is 0 Å². The lowest BCUT2D eigenvalue weighted by atomic mass is 9.99. The van der Waals surface area contributed by atoms with E-state index in [9.17, 15) is 13.2 Å². The largest absolute Gasteiger partial charge is 0.336 e. The molecule has 4 rings (SSSR count). The molecule has 31 heavy (non-hydrogen) atoms. The Morgan fingerprint density at radius 2 is 1.42 bits per heavy atom. The van der Waals surface area contributed by atoms with Crippen LogP contribution in [0.25, 0.3) is 11.1 Å². The summed E-state index contributed by atoms with van der Waals surface area (Å²) in [6.07, 6.45) is 0. The Balaban J connectivity index is 1.49.